The van der Waals surface area contributed by atoms with E-state index in [2.05, 4.69) is 10.6 Å². The summed E-state index contributed by atoms with van der Waals surface area (Å²) >= 11 is 0. The van der Waals surface area contributed by atoms with E-state index in [9.17, 15) is 9.18 Å². The van der Waals surface area contributed by atoms with Crippen molar-refractivity contribution in [3.05, 3.63) is 35.6 Å². The van der Waals surface area contributed by atoms with Crippen LogP contribution >= 0.6 is 0 Å². The van der Waals surface area contributed by atoms with Crippen molar-refractivity contribution in [1.29, 1.82) is 0 Å². The number of hydrogen-bond donors (Lipinski definition) is 2. The van der Waals surface area contributed by atoms with Gasteiger partial charge in [-0.3, -0.25) is 0 Å². The number of rotatable bonds is 6. The summed E-state index contributed by atoms with van der Waals surface area (Å²) in [5.74, 6) is 0.570. The molecule has 0 unspecified atom stereocenters. The number of benzene rings is 1. The van der Waals surface area contributed by atoms with Gasteiger partial charge < -0.3 is 10.6 Å². The van der Waals surface area contributed by atoms with Crippen molar-refractivity contribution in [1.82, 2.24) is 10.6 Å². The minimum Gasteiger partial charge on any atom is -0.338 e. The molecule has 110 valence electrons. The minimum atomic E-state index is -0.230. The second-order valence-corrected chi connectivity index (χ2v) is 5.50. The van der Waals surface area contributed by atoms with Crippen molar-refractivity contribution in [2.45, 2.75) is 38.5 Å². The van der Waals surface area contributed by atoms with Gasteiger partial charge in [-0.15, -0.1) is 0 Å². The van der Waals surface area contributed by atoms with Crippen LogP contribution in [-0.4, -0.2) is 19.1 Å². The molecule has 1 saturated carbocycles. The second kappa shape index (κ2) is 7.88. The van der Waals surface area contributed by atoms with Crippen molar-refractivity contribution in [3.8, 4) is 0 Å². The molecule has 20 heavy (non-hydrogen) atoms. The number of urea groups is 1. The van der Waals surface area contributed by atoms with E-state index in [1.807, 2.05) is 0 Å². The molecule has 0 radical (unpaired) electrons. The van der Waals surface area contributed by atoms with Crippen LogP contribution in [-0.2, 0) is 6.42 Å². The largest absolute Gasteiger partial charge is 0.338 e. The monoisotopic (exact) mass is 278 g/mol. The molecular formula is C16H23FN2O. The Bertz CT molecular complexity index is 413. The first-order valence-electron chi connectivity index (χ1n) is 7.50. The average Bonchev–Trinajstić information content (AvgIpc) is 2.94. The molecule has 1 aliphatic rings. The van der Waals surface area contributed by atoms with E-state index in [0.717, 1.165) is 30.9 Å². The molecule has 1 fully saturated rings. The van der Waals surface area contributed by atoms with Gasteiger partial charge in [-0.05, 0) is 36.5 Å². The van der Waals surface area contributed by atoms with E-state index in [4.69, 9.17) is 0 Å². The van der Waals surface area contributed by atoms with Crippen LogP contribution in [0.25, 0.3) is 0 Å². The molecule has 0 bridgehead atoms. The Morgan fingerprint density at radius 2 is 1.75 bits per heavy atom. The highest BCUT2D eigenvalue weighted by molar-refractivity contribution is 5.73. The number of nitrogens with one attached hydrogen (secondary N) is 2. The van der Waals surface area contributed by atoms with Crippen LogP contribution in [0.4, 0.5) is 9.18 Å². The smallest absolute Gasteiger partial charge is 0.314 e. The average molecular weight is 278 g/mol. The fraction of sp³-hybridized carbons (Fsp3) is 0.562. The van der Waals surface area contributed by atoms with Gasteiger partial charge in [0.2, 0.25) is 0 Å². The number of halogens is 1. The van der Waals surface area contributed by atoms with Gasteiger partial charge in [-0.1, -0.05) is 37.8 Å². The highest BCUT2D eigenvalue weighted by Crippen LogP contribution is 2.26. The maximum atomic E-state index is 12.7. The standard InChI is InChI=1S/C16H23FN2O/c17-15-7-5-14(6-8-15)10-12-19-16(20)18-11-9-13-3-1-2-4-13/h5-8,13H,1-4,9-12H2,(H2,18,19,20). The summed E-state index contributed by atoms with van der Waals surface area (Å²) in [6, 6.07) is 6.27. The molecule has 0 aliphatic heterocycles. The molecular weight excluding hydrogens is 255 g/mol. The van der Waals surface area contributed by atoms with E-state index in [1.54, 1.807) is 12.1 Å². The lowest BCUT2D eigenvalue weighted by Crippen LogP contribution is -2.37. The van der Waals surface area contributed by atoms with Crippen LogP contribution in [0.1, 0.15) is 37.7 Å². The van der Waals surface area contributed by atoms with Crippen LogP contribution in [0.15, 0.2) is 24.3 Å². The summed E-state index contributed by atoms with van der Waals surface area (Å²) in [7, 11) is 0. The normalized spacial score (nSPS) is 15.2. The Hall–Kier alpha value is -1.58. The molecule has 2 amide bonds. The van der Waals surface area contributed by atoms with Gasteiger partial charge in [0, 0.05) is 13.1 Å². The summed E-state index contributed by atoms with van der Waals surface area (Å²) in [5, 5.41) is 5.72. The molecule has 1 aliphatic carbocycles. The Labute approximate surface area is 120 Å². The van der Waals surface area contributed by atoms with Gasteiger partial charge in [0.05, 0.1) is 0 Å². The summed E-state index contributed by atoms with van der Waals surface area (Å²) in [5.41, 5.74) is 1.03. The van der Waals surface area contributed by atoms with Crippen LogP contribution in [0.5, 0.6) is 0 Å². The molecule has 1 aromatic carbocycles. The topological polar surface area (TPSA) is 41.1 Å². The Balaban J connectivity index is 1.54. The summed E-state index contributed by atoms with van der Waals surface area (Å²) < 4.78 is 12.7. The molecule has 1 aromatic rings. The van der Waals surface area contributed by atoms with Crippen molar-refractivity contribution in [2.75, 3.05) is 13.1 Å². The van der Waals surface area contributed by atoms with E-state index in [-0.39, 0.29) is 11.8 Å². The predicted octanol–water partition coefficient (Wildman–Crippen LogP) is 3.25. The highest BCUT2D eigenvalue weighted by atomic mass is 19.1. The van der Waals surface area contributed by atoms with E-state index in [1.165, 1.54) is 37.8 Å². The zero-order chi connectivity index (χ0) is 14.2. The summed E-state index contributed by atoms with van der Waals surface area (Å²) in [4.78, 5) is 11.6. The van der Waals surface area contributed by atoms with Crippen molar-refractivity contribution >= 4 is 6.03 Å². The molecule has 2 N–H and O–H groups in total. The molecule has 2 rings (SSSR count). The van der Waals surface area contributed by atoms with Crippen LogP contribution < -0.4 is 10.6 Å². The third-order valence-corrected chi connectivity index (χ3v) is 3.93. The summed E-state index contributed by atoms with van der Waals surface area (Å²) in [6.07, 6.45) is 7.12. The highest BCUT2D eigenvalue weighted by Gasteiger charge is 2.14. The number of carbonyl (C=O) groups excluding carboxylic acids is 1. The number of amides is 2. The van der Waals surface area contributed by atoms with E-state index >= 15 is 0 Å². The van der Waals surface area contributed by atoms with Crippen LogP contribution in [0.2, 0.25) is 0 Å². The van der Waals surface area contributed by atoms with Gasteiger partial charge in [0.15, 0.2) is 0 Å². The zero-order valence-electron chi connectivity index (χ0n) is 11.8. The molecule has 4 heteroatoms. The lowest BCUT2D eigenvalue weighted by atomic mass is 10.0. The minimum absolute atomic E-state index is 0.106. The molecule has 0 spiro atoms. The van der Waals surface area contributed by atoms with Gasteiger partial charge in [0.25, 0.3) is 0 Å². The quantitative estimate of drug-likeness (QED) is 0.824. The third-order valence-electron chi connectivity index (χ3n) is 3.93. The summed E-state index contributed by atoms with van der Waals surface area (Å²) in [6.45, 7) is 1.33. The predicted molar refractivity (Wildman–Crippen MR) is 78.1 cm³/mol. The first-order chi connectivity index (χ1) is 9.74. The Morgan fingerprint density at radius 1 is 1.10 bits per heavy atom. The fourth-order valence-corrected chi connectivity index (χ4v) is 2.72. The maximum Gasteiger partial charge on any atom is 0.314 e. The molecule has 3 nitrogen and oxygen atoms in total. The van der Waals surface area contributed by atoms with Crippen molar-refractivity contribution < 1.29 is 9.18 Å². The maximum absolute atomic E-state index is 12.7. The van der Waals surface area contributed by atoms with Gasteiger partial charge in [0.1, 0.15) is 5.82 Å². The van der Waals surface area contributed by atoms with Crippen LogP contribution in [0, 0.1) is 11.7 Å². The number of hydrogen-bond acceptors (Lipinski definition) is 1. The first kappa shape index (κ1) is 14.8. The Morgan fingerprint density at radius 3 is 2.45 bits per heavy atom. The molecule has 0 heterocycles. The molecule has 0 atom stereocenters. The lowest BCUT2D eigenvalue weighted by Gasteiger charge is -2.10. The van der Waals surface area contributed by atoms with Gasteiger partial charge in [-0.2, -0.15) is 0 Å². The number of carbonyl (C=O) groups is 1. The first-order valence-corrected chi connectivity index (χ1v) is 7.50. The van der Waals surface area contributed by atoms with E-state index < -0.39 is 0 Å². The van der Waals surface area contributed by atoms with Gasteiger partial charge >= 0.3 is 6.03 Å². The lowest BCUT2D eigenvalue weighted by molar-refractivity contribution is 0.240. The van der Waals surface area contributed by atoms with E-state index in [0.29, 0.717) is 6.54 Å². The molecule has 0 aromatic heterocycles. The Kier molecular flexibility index (Phi) is 5.84. The third kappa shape index (κ3) is 5.19. The van der Waals surface area contributed by atoms with Gasteiger partial charge in [-0.25, -0.2) is 9.18 Å². The zero-order valence-corrected chi connectivity index (χ0v) is 11.8. The SMILES string of the molecule is O=C(NCCc1ccc(F)cc1)NCCC1CCCC1. The second-order valence-electron chi connectivity index (χ2n) is 5.50. The van der Waals surface area contributed by atoms with Crippen molar-refractivity contribution in [3.63, 3.8) is 0 Å². The van der Waals surface area contributed by atoms with Crippen molar-refractivity contribution in [2.24, 2.45) is 5.92 Å². The fourth-order valence-electron chi connectivity index (χ4n) is 2.72. The molecule has 0 saturated heterocycles. The van der Waals surface area contributed by atoms with Crippen LogP contribution in [0.3, 0.4) is 0 Å².